The van der Waals surface area contributed by atoms with Gasteiger partial charge in [0.1, 0.15) is 0 Å². The summed E-state index contributed by atoms with van der Waals surface area (Å²) in [5.74, 6) is 1.14. The van der Waals surface area contributed by atoms with Crippen molar-refractivity contribution in [1.82, 2.24) is 20.0 Å². The molecule has 0 spiro atoms. The van der Waals surface area contributed by atoms with Crippen LogP contribution in [-0.2, 0) is 4.79 Å². The van der Waals surface area contributed by atoms with E-state index in [1.54, 1.807) is 0 Å². The van der Waals surface area contributed by atoms with E-state index in [1.807, 2.05) is 9.80 Å². The van der Waals surface area contributed by atoms with Crippen LogP contribution in [0, 0.1) is 5.92 Å². The molecule has 1 saturated carbocycles. The molecule has 0 aromatic rings. The molecular weight excluding hydrogens is 340 g/mol. The van der Waals surface area contributed by atoms with Gasteiger partial charge in [-0.2, -0.15) is 0 Å². The maximum absolute atomic E-state index is 12.6. The van der Waals surface area contributed by atoms with Crippen LogP contribution in [0.2, 0.25) is 0 Å². The Kier molecular flexibility index (Phi) is 6.21. The highest BCUT2D eigenvalue weighted by Gasteiger charge is 2.35. The van der Waals surface area contributed by atoms with Crippen molar-refractivity contribution in [2.45, 2.75) is 76.3 Å². The van der Waals surface area contributed by atoms with Crippen LogP contribution in [0.25, 0.3) is 0 Å². The molecule has 1 N–H and O–H groups in total. The first-order chi connectivity index (χ1) is 13.2. The summed E-state index contributed by atoms with van der Waals surface area (Å²) >= 11 is 0. The SMILES string of the molecule is O=C(NCC1CCCN1CC1CCCCC1)N1CCC(N2CCCC2=O)C1. The number of amides is 3. The zero-order valence-electron chi connectivity index (χ0n) is 16.7. The molecule has 27 heavy (non-hydrogen) atoms. The van der Waals surface area contributed by atoms with Crippen LogP contribution in [0.15, 0.2) is 0 Å². The molecule has 1 aliphatic carbocycles. The third kappa shape index (κ3) is 4.58. The molecule has 0 bridgehead atoms. The Labute approximate surface area is 163 Å². The van der Waals surface area contributed by atoms with Crippen molar-refractivity contribution >= 4 is 11.9 Å². The lowest BCUT2D eigenvalue weighted by Gasteiger charge is -2.31. The predicted octanol–water partition coefficient (Wildman–Crippen LogP) is 2.44. The van der Waals surface area contributed by atoms with Crippen molar-refractivity contribution in [3.05, 3.63) is 0 Å². The van der Waals surface area contributed by atoms with Crippen LogP contribution in [0.4, 0.5) is 4.79 Å². The van der Waals surface area contributed by atoms with Crippen LogP contribution in [0.1, 0.15) is 64.2 Å². The molecule has 3 amide bonds. The quantitative estimate of drug-likeness (QED) is 0.802. The minimum absolute atomic E-state index is 0.0636. The number of urea groups is 1. The van der Waals surface area contributed by atoms with E-state index in [-0.39, 0.29) is 18.0 Å². The Morgan fingerprint density at radius 1 is 0.963 bits per heavy atom. The third-order valence-electron chi connectivity index (χ3n) is 7.21. The molecule has 2 atom stereocenters. The molecule has 6 heteroatoms. The fraction of sp³-hybridized carbons (Fsp3) is 0.905. The molecule has 4 aliphatic rings. The molecule has 0 aromatic carbocycles. The van der Waals surface area contributed by atoms with Gasteiger partial charge in [0.15, 0.2) is 0 Å². The minimum atomic E-state index is 0.0636. The first kappa shape index (κ1) is 19.0. The van der Waals surface area contributed by atoms with Gasteiger partial charge >= 0.3 is 6.03 Å². The number of carbonyl (C=O) groups is 2. The highest BCUT2D eigenvalue weighted by molar-refractivity contribution is 5.79. The van der Waals surface area contributed by atoms with Gasteiger partial charge < -0.3 is 15.1 Å². The van der Waals surface area contributed by atoms with E-state index in [0.29, 0.717) is 19.0 Å². The Bertz CT molecular complexity index is 534. The molecule has 3 saturated heterocycles. The van der Waals surface area contributed by atoms with Gasteiger partial charge in [-0.05, 0) is 51.0 Å². The number of hydrogen-bond donors (Lipinski definition) is 1. The molecular formula is C21H36N4O2. The van der Waals surface area contributed by atoms with Gasteiger partial charge in [0, 0.05) is 45.2 Å². The minimum Gasteiger partial charge on any atom is -0.338 e. The highest BCUT2D eigenvalue weighted by atomic mass is 16.2. The maximum atomic E-state index is 12.6. The average molecular weight is 377 g/mol. The van der Waals surface area contributed by atoms with E-state index >= 15 is 0 Å². The second-order valence-corrected chi connectivity index (χ2v) is 9.06. The van der Waals surface area contributed by atoms with Gasteiger partial charge in [-0.15, -0.1) is 0 Å². The number of nitrogens with one attached hydrogen (secondary N) is 1. The highest BCUT2D eigenvalue weighted by Crippen LogP contribution is 2.27. The normalized spacial score (nSPS) is 30.4. The van der Waals surface area contributed by atoms with Crippen molar-refractivity contribution in [2.24, 2.45) is 5.92 Å². The fourth-order valence-electron chi connectivity index (χ4n) is 5.62. The summed E-state index contributed by atoms with van der Waals surface area (Å²) in [5.41, 5.74) is 0. The second-order valence-electron chi connectivity index (χ2n) is 9.06. The largest absolute Gasteiger partial charge is 0.338 e. The topological polar surface area (TPSA) is 55.9 Å². The zero-order chi connectivity index (χ0) is 18.6. The van der Waals surface area contributed by atoms with E-state index < -0.39 is 0 Å². The van der Waals surface area contributed by atoms with Crippen LogP contribution < -0.4 is 5.32 Å². The van der Waals surface area contributed by atoms with Crippen molar-refractivity contribution in [3.63, 3.8) is 0 Å². The summed E-state index contributed by atoms with van der Waals surface area (Å²) in [5, 5.41) is 3.20. The molecule has 4 fully saturated rings. The van der Waals surface area contributed by atoms with Crippen LogP contribution in [0.5, 0.6) is 0 Å². The molecule has 6 nitrogen and oxygen atoms in total. The second kappa shape index (κ2) is 8.80. The molecule has 0 radical (unpaired) electrons. The molecule has 3 aliphatic heterocycles. The predicted molar refractivity (Wildman–Crippen MR) is 105 cm³/mol. The first-order valence-electron chi connectivity index (χ1n) is 11.3. The van der Waals surface area contributed by atoms with Crippen LogP contribution >= 0.6 is 0 Å². The lowest BCUT2D eigenvalue weighted by atomic mass is 9.89. The lowest BCUT2D eigenvalue weighted by molar-refractivity contribution is -0.129. The van der Waals surface area contributed by atoms with Gasteiger partial charge in [-0.25, -0.2) is 4.79 Å². The molecule has 2 unspecified atom stereocenters. The number of rotatable bonds is 5. The average Bonchev–Trinajstić information content (AvgIpc) is 3.41. The summed E-state index contributed by atoms with van der Waals surface area (Å²) in [6.45, 7) is 5.54. The van der Waals surface area contributed by atoms with Gasteiger partial charge in [0.25, 0.3) is 0 Å². The van der Waals surface area contributed by atoms with E-state index in [4.69, 9.17) is 0 Å². The van der Waals surface area contributed by atoms with Gasteiger partial charge in [0.05, 0.1) is 6.04 Å². The molecule has 152 valence electrons. The number of nitrogens with zero attached hydrogens (tertiary/aromatic N) is 3. The van der Waals surface area contributed by atoms with Gasteiger partial charge in [-0.1, -0.05) is 19.3 Å². The lowest BCUT2D eigenvalue weighted by Crippen LogP contribution is -2.47. The monoisotopic (exact) mass is 376 g/mol. The van der Waals surface area contributed by atoms with Crippen molar-refractivity contribution in [1.29, 1.82) is 0 Å². The molecule has 0 aromatic heterocycles. The molecule has 4 rings (SSSR count). The first-order valence-corrected chi connectivity index (χ1v) is 11.3. The summed E-state index contributed by atoms with van der Waals surface area (Å²) in [4.78, 5) is 31.1. The smallest absolute Gasteiger partial charge is 0.317 e. The van der Waals surface area contributed by atoms with Crippen LogP contribution in [0.3, 0.4) is 0 Å². The van der Waals surface area contributed by atoms with E-state index in [2.05, 4.69) is 10.2 Å². The van der Waals surface area contributed by atoms with Gasteiger partial charge in [0.2, 0.25) is 5.91 Å². The summed E-state index contributed by atoms with van der Waals surface area (Å²) < 4.78 is 0. The summed E-state index contributed by atoms with van der Waals surface area (Å²) in [6.07, 6.45) is 12.0. The van der Waals surface area contributed by atoms with Crippen molar-refractivity contribution < 1.29 is 9.59 Å². The summed E-state index contributed by atoms with van der Waals surface area (Å²) in [7, 11) is 0. The van der Waals surface area contributed by atoms with E-state index in [1.165, 1.54) is 58.0 Å². The third-order valence-corrected chi connectivity index (χ3v) is 7.21. The Balaban J connectivity index is 1.21. The Hall–Kier alpha value is -1.30. The van der Waals surface area contributed by atoms with E-state index in [9.17, 15) is 9.59 Å². The number of carbonyl (C=O) groups excluding carboxylic acids is 2. The van der Waals surface area contributed by atoms with Crippen molar-refractivity contribution in [3.8, 4) is 0 Å². The standard InChI is InChI=1S/C21H36N4O2/c26-20-9-5-12-25(20)19-10-13-24(16-19)21(27)22-14-18-8-4-11-23(18)15-17-6-2-1-3-7-17/h17-19H,1-16H2,(H,22,27). The summed E-state index contributed by atoms with van der Waals surface area (Å²) in [6, 6.07) is 0.808. The van der Waals surface area contributed by atoms with Crippen molar-refractivity contribution in [2.75, 3.05) is 39.3 Å². The maximum Gasteiger partial charge on any atom is 0.317 e. The van der Waals surface area contributed by atoms with Crippen LogP contribution in [-0.4, -0.2) is 78.0 Å². The van der Waals surface area contributed by atoms with Gasteiger partial charge in [-0.3, -0.25) is 9.69 Å². The number of hydrogen-bond acceptors (Lipinski definition) is 3. The Morgan fingerprint density at radius 2 is 1.81 bits per heavy atom. The zero-order valence-corrected chi connectivity index (χ0v) is 16.7. The molecule has 3 heterocycles. The number of likely N-dealkylation sites (tertiary alicyclic amines) is 3. The van der Waals surface area contributed by atoms with E-state index in [0.717, 1.165) is 38.4 Å². The Morgan fingerprint density at radius 3 is 2.59 bits per heavy atom. The fourth-order valence-corrected chi connectivity index (χ4v) is 5.62.